The molecule has 47 heavy (non-hydrogen) atoms. The van der Waals surface area contributed by atoms with Crippen molar-refractivity contribution in [3.63, 3.8) is 0 Å². The van der Waals surface area contributed by atoms with Crippen molar-refractivity contribution in [1.29, 1.82) is 0 Å². The number of allylic oxidation sites excluding steroid dienone is 2. The van der Waals surface area contributed by atoms with Gasteiger partial charge in [0.25, 0.3) is 5.69 Å². The highest BCUT2D eigenvalue weighted by atomic mass is 16.6. The van der Waals surface area contributed by atoms with Gasteiger partial charge >= 0.3 is 11.9 Å². The first kappa shape index (κ1) is 34.8. The number of non-ortho nitro benzene ring substituents is 1. The summed E-state index contributed by atoms with van der Waals surface area (Å²) in [6.07, 6.45) is 6.21. The molecule has 3 aromatic rings. The van der Waals surface area contributed by atoms with Gasteiger partial charge in [-0.05, 0) is 76.4 Å². The predicted octanol–water partition coefficient (Wildman–Crippen LogP) is 6.35. The van der Waals surface area contributed by atoms with E-state index < -0.39 is 28.9 Å². The van der Waals surface area contributed by atoms with E-state index >= 15 is 0 Å². The van der Waals surface area contributed by atoms with Crippen molar-refractivity contribution < 1.29 is 24.0 Å². The van der Waals surface area contributed by atoms with Crippen LogP contribution < -0.4 is 5.32 Å². The average Bonchev–Trinajstić information content (AvgIpc) is 3.01. The normalized spacial score (nSPS) is 15.1. The number of pyridine rings is 1. The molecule has 10 heteroatoms. The lowest BCUT2D eigenvalue weighted by Gasteiger charge is -2.31. The number of likely N-dealkylation sites (N-methyl/N-ethyl adjacent to an activating group) is 1. The summed E-state index contributed by atoms with van der Waals surface area (Å²) in [4.78, 5) is 44.2. The summed E-state index contributed by atoms with van der Waals surface area (Å²) in [6.45, 7) is 10.2. The monoisotopic (exact) mass is 638 g/mol. The van der Waals surface area contributed by atoms with Crippen LogP contribution in [0.5, 0.6) is 0 Å². The van der Waals surface area contributed by atoms with Crippen molar-refractivity contribution in [3.8, 4) is 0 Å². The maximum Gasteiger partial charge on any atom is 0.337 e. The van der Waals surface area contributed by atoms with E-state index in [0.29, 0.717) is 30.0 Å². The average molecular weight is 639 g/mol. The standard InChI is InChI=1S/C37H42N4O6/c1-24(2)47-37(43)34-27(5)39-26(4)33(35(34)31-10-7-11-32(21-31)41(44)45)36(42)46-18-17-40(6)23-25(3)19-28-12-14-29(15-13-28)20-30-9-8-16-38-22-30/h7-16,19,21-22,24,35,39H,17-18,20,23H2,1-6H3. The number of esters is 2. The highest BCUT2D eigenvalue weighted by Crippen LogP contribution is 2.40. The van der Waals surface area contributed by atoms with Crippen molar-refractivity contribution in [2.45, 2.75) is 53.1 Å². The lowest BCUT2D eigenvalue weighted by atomic mass is 9.80. The highest BCUT2D eigenvalue weighted by Gasteiger charge is 2.38. The first-order chi connectivity index (χ1) is 22.4. The van der Waals surface area contributed by atoms with E-state index in [0.717, 1.165) is 17.6 Å². The Hall–Kier alpha value is -5.09. The minimum absolute atomic E-state index is 0.110. The summed E-state index contributed by atoms with van der Waals surface area (Å²) in [5.74, 6) is -2.13. The van der Waals surface area contributed by atoms with Crippen LogP contribution in [0.3, 0.4) is 0 Å². The molecule has 0 spiro atoms. The van der Waals surface area contributed by atoms with E-state index in [-0.39, 0.29) is 23.4 Å². The number of nitro groups is 1. The summed E-state index contributed by atoms with van der Waals surface area (Å²) in [7, 11) is 1.95. The van der Waals surface area contributed by atoms with Gasteiger partial charge in [0.1, 0.15) is 6.61 Å². The third-order valence-corrected chi connectivity index (χ3v) is 7.71. The molecule has 1 atom stereocenters. The number of nitrogens with one attached hydrogen (secondary N) is 1. The van der Waals surface area contributed by atoms with Crippen molar-refractivity contribution in [2.24, 2.45) is 0 Å². The summed E-state index contributed by atoms with van der Waals surface area (Å²) < 4.78 is 11.3. The summed E-state index contributed by atoms with van der Waals surface area (Å²) >= 11 is 0. The van der Waals surface area contributed by atoms with Crippen LogP contribution >= 0.6 is 0 Å². The lowest BCUT2D eigenvalue weighted by molar-refractivity contribution is -0.384. The number of carbonyl (C=O) groups is 2. The van der Waals surface area contributed by atoms with E-state index in [1.54, 1.807) is 40.0 Å². The number of nitrogens with zero attached hydrogens (tertiary/aromatic N) is 3. The number of ether oxygens (including phenoxy) is 2. The zero-order chi connectivity index (χ0) is 34.1. The van der Waals surface area contributed by atoms with Crippen molar-refractivity contribution in [1.82, 2.24) is 15.2 Å². The van der Waals surface area contributed by atoms with Crippen LogP contribution in [0.15, 0.2) is 101 Å². The van der Waals surface area contributed by atoms with Gasteiger partial charge in [-0.15, -0.1) is 0 Å². The van der Waals surface area contributed by atoms with Gasteiger partial charge in [-0.25, -0.2) is 9.59 Å². The molecule has 0 amide bonds. The first-order valence-electron chi connectivity index (χ1n) is 15.6. The Bertz CT molecular complexity index is 1690. The van der Waals surface area contributed by atoms with E-state index in [1.807, 2.05) is 19.3 Å². The van der Waals surface area contributed by atoms with Crippen LogP contribution in [0.2, 0.25) is 0 Å². The van der Waals surface area contributed by atoms with Crippen LogP contribution in [0.1, 0.15) is 62.8 Å². The number of hydrogen-bond acceptors (Lipinski definition) is 9. The molecule has 0 radical (unpaired) electrons. The van der Waals surface area contributed by atoms with Crippen LogP contribution in [-0.4, -0.2) is 59.6 Å². The second kappa shape index (κ2) is 16.0. The summed E-state index contributed by atoms with van der Waals surface area (Å²) in [6, 6.07) is 18.4. The van der Waals surface area contributed by atoms with Gasteiger partial charge in [0, 0.05) is 49.0 Å². The van der Waals surface area contributed by atoms with Crippen LogP contribution in [-0.2, 0) is 25.5 Å². The molecule has 1 aliphatic rings. The van der Waals surface area contributed by atoms with Crippen LogP contribution in [0.4, 0.5) is 5.69 Å². The molecule has 0 saturated heterocycles. The summed E-state index contributed by atoms with van der Waals surface area (Å²) in [5, 5.41) is 14.7. The van der Waals surface area contributed by atoms with E-state index in [2.05, 4.69) is 58.5 Å². The Balaban J connectivity index is 1.42. The van der Waals surface area contributed by atoms with Gasteiger partial charge in [-0.3, -0.25) is 20.0 Å². The smallest absolute Gasteiger partial charge is 0.337 e. The molecular formula is C37H42N4O6. The zero-order valence-corrected chi connectivity index (χ0v) is 27.8. The van der Waals surface area contributed by atoms with E-state index in [1.165, 1.54) is 29.3 Å². The maximum atomic E-state index is 13.6. The molecule has 0 fully saturated rings. The first-order valence-corrected chi connectivity index (χ1v) is 15.6. The molecule has 0 bridgehead atoms. The van der Waals surface area contributed by atoms with Crippen LogP contribution in [0.25, 0.3) is 6.08 Å². The highest BCUT2D eigenvalue weighted by molar-refractivity contribution is 6.00. The molecule has 1 aliphatic heterocycles. The topological polar surface area (TPSA) is 124 Å². The molecule has 0 aliphatic carbocycles. The molecule has 2 heterocycles. The van der Waals surface area contributed by atoms with E-state index in [4.69, 9.17) is 9.47 Å². The van der Waals surface area contributed by atoms with E-state index in [9.17, 15) is 19.7 Å². The Labute approximate surface area is 276 Å². The van der Waals surface area contributed by atoms with Gasteiger partial charge in [0.05, 0.1) is 28.1 Å². The largest absolute Gasteiger partial charge is 0.461 e. The minimum Gasteiger partial charge on any atom is -0.461 e. The van der Waals surface area contributed by atoms with Crippen LogP contribution in [0, 0.1) is 10.1 Å². The fraction of sp³-hybridized carbons (Fsp3) is 0.324. The number of hydrogen-bond donors (Lipinski definition) is 1. The number of benzene rings is 2. The Morgan fingerprint density at radius 1 is 1.02 bits per heavy atom. The molecule has 4 rings (SSSR count). The fourth-order valence-corrected chi connectivity index (χ4v) is 5.64. The van der Waals surface area contributed by atoms with Gasteiger partial charge in [0.2, 0.25) is 0 Å². The molecule has 0 saturated carbocycles. The second-order valence-electron chi connectivity index (χ2n) is 12.1. The number of nitro benzene ring substituents is 1. The molecule has 1 aromatic heterocycles. The molecule has 246 valence electrons. The Morgan fingerprint density at radius 2 is 1.72 bits per heavy atom. The lowest BCUT2D eigenvalue weighted by Crippen LogP contribution is -2.34. The Morgan fingerprint density at radius 3 is 2.36 bits per heavy atom. The second-order valence-corrected chi connectivity index (χ2v) is 12.1. The van der Waals surface area contributed by atoms with Crippen molar-refractivity contribution in [3.05, 3.63) is 134 Å². The number of rotatable bonds is 13. The number of carbonyl (C=O) groups excluding carboxylic acids is 2. The zero-order valence-electron chi connectivity index (χ0n) is 27.8. The number of aromatic nitrogens is 1. The molecule has 2 aromatic carbocycles. The van der Waals surface area contributed by atoms with Crippen molar-refractivity contribution >= 4 is 23.7 Å². The van der Waals surface area contributed by atoms with Gasteiger partial charge in [0.15, 0.2) is 0 Å². The molecule has 1 unspecified atom stereocenters. The third kappa shape index (κ3) is 9.46. The van der Waals surface area contributed by atoms with Gasteiger partial charge in [-0.1, -0.05) is 54.1 Å². The third-order valence-electron chi connectivity index (χ3n) is 7.71. The molecule has 1 N–H and O–H groups in total. The predicted molar refractivity (Wildman–Crippen MR) is 181 cm³/mol. The van der Waals surface area contributed by atoms with Gasteiger partial charge < -0.3 is 14.8 Å². The molecular weight excluding hydrogens is 596 g/mol. The Kier molecular flexibility index (Phi) is 11.8. The minimum atomic E-state index is -0.909. The summed E-state index contributed by atoms with van der Waals surface area (Å²) in [5.41, 5.74) is 6.33. The fourth-order valence-electron chi connectivity index (χ4n) is 5.64. The molecule has 10 nitrogen and oxygen atoms in total. The van der Waals surface area contributed by atoms with Gasteiger partial charge in [-0.2, -0.15) is 0 Å². The van der Waals surface area contributed by atoms with Crippen molar-refractivity contribution in [2.75, 3.05) is 26.7 Å². The quantitative estimate of drug-likeness (QED) is 0.130. The SMILES string of the molecule is CC(=Cc1ccc(Cc2cccnc2)cc1)CN(C)CCOC(=O)C1=C(C)NC(C)=C(C(=O)OC(C)C)C1c1cccc([N+](=O)[O-])c1. The number of dihydropyridines is 1. The maximum absolute atomic E-state index is 13.6.